The summed E-state index contributed by atoms with van der Waals surface area (Å²) in [5.74, 6) is 0.335. The summed E-state index contributed by atoms with van der Waals surface area (Å²) >= 11 is 0. The molecule has 1 nitrogen and oxygen atoms in total. The standard InChI is InChI=1S/C17H24F3N/c1-2-12-21-16-7-5-3-4-6-15(16)13-8-10-14(11-9-13)17(18,19)20/h8-11,15-16,21H,2-7,12H2,1H3. The third-order valence-corrected chi connectivity index (χ3v) is 4.34. The molecule has 2 rings (SSSR count). The third-order valence-electron chi connectivity index (χ3n) is 4.34. The van der Waals surface area contributed by atoms with Gasteiger partial charge in [0.1, 0.15) is 0 Å². The lowest BCUT2D eigenvalue weighted by molar-refractivity contribution is -0.137. The van der Waals surface area contributed by atoms with Crippen LogP contribution in [-0.2, 0) is 6.18 Å². The van der Waals surface area contributed by atoms with E-state index >= 15 is 0 Å². The minimum Gasteiger partial charge on any atom is -0.313 e. The third kappa shape index (κ3) is 4.47. The molecule has 1 aliphatic rings. The summed E-state index contributed by atoms with van der Waals surface area (Å²) in [6.45, 7) is 3.11. The van der Waals surface area contributed by atoms with E-state index < -0.39 is 11.7 Å². The number of rotatable bonds is 4. The van der Waals surface area contributed by atoms with Gasteiger partial charge in [-0.05, 0) is 49.4 Å². The molecule has 0 aromatic heterocycles. The van der Waals surface area contributed by atoms with Gasteiger partial charge in [0.25, 0.3) is 0 Å². The second-order valence-electron chi connectivity index (χ2n) is 5.92. The molecule has 2 atom stereocenters. The molecule has 2 unspecified atom stereocenters. The first kappa shape index (κ1) is 16.3. The van der Waals surface area contributed by atoms with Gasteiger partial charge in [0.15, 0.2) is 0 Å². The fourth-order valence-corrected chi connectivity index (χ4v) is 3.20. The van der Waals surface area contributed by atoms with E-state index in [9.17, 15) is 13.2 Å². The quantitative estimate of drug-likeness (QED) is 0.761. The van der Waals surface area contributed by atoms with E-state index in [0.29, 0.717) is 12.0 Å². The summed E-state index contributed by atoms with van der Waals surface area (Å²) in [4.78, 5) is 0. The van der Waals surface area contributed by atoms with Crippen LogP contribution in [0, 0.1) is 0 Å². The molecule has 4 heteroatoms. The second-order valence-corrected chi connectivity index (χ2v) is 5.92. The molecule has 1 saturated carbocycles. The van der Waals surface area contributed by atoms with E-state index in [-0.39, 0.29) is 0 Å². The normalized spacial score (nSPS) is 23.8. The molecule has 0 bridgehead atoms. The maximum atomic E-state index is 12.7. The molecular weight excluding hydrogens is 275 g/mol. The van der Waals surface area contributed by atoms with Crippen LogP contribution in [0.5, 0.6) is 0 Å². The fraction of sp³-hybridized carbons (Fsp3) is 0.647. The maximum absolute atomic E-state index is 12.7. The van der Waals surface area contributed by atoms with Crippen LogP contribution in [0.15, 0.2) is 24.3 Å². The van der Waals surface area contributed by atoms with Crippen LogP contribution < -0.4 is 5.32 Å². The summed E-state index contributed by atoms with van der Waals surface area (Å²) in [5, 5.41) is 3.58. The topological polar surface area (TPSA) is 12.0 Å². The fourth-order valence-electron chi connectivity index (χ4n) is 3.20. The zero-order valence-electron chi connectivity index (χ0n) is 12.5. The first-order valence-electron chi connectivity index (χ1n) is 7.93. The van der Waals surface area contributed by atoms with Crippen molar-refractivity contribution in [3.8, 4) is 0 Å². The molecule has 118 valence electrons. The van der Waals surface area contributed by atoms with Crippen molar-refractivity contribution in [2.75, 3.05) is 6.54 Å². The molecule has 0 heterocycles. The zero-order valence-corrected chi connectivity index (χ0v) is 12.5. The monoisotopic (exact) mass is 299 g/mol. The molecule has 21 heavy (non-hydrogen) atoms. The lowest BCUT2D eigenvalue weighted by Crippen LogP contribution is -2.34. The van der Waals surface area contributed by atoms with Crippen molar-refractivity contribution in [1.29, 1.82) is 0 Å². The van der Waals surface area contributed by atoms with Gasteiger partial charge in [-0.25, -0.2) is 0 Å². The molecule has 1 aromatic carbocycles. The summed E-state index contributed by atoms with van der Waals surface area (Å²) in [6.07, 6.45) is 2.60. The number of hydrogen-bond acceptors (Lipinski definition) is 1. The van der Waals surface area contributed by atoms with Gasteiger partial charge in [0, 0.05) is 6.04 Å². The Kier molecular flexibility index (Phi) is 5.68. The van der Waals surface area contributed by atoms with Crippen LogP contribution >= 0.6 is 0 Å². The molecule has 1 N–H and O–H groups in total. The Morgan fingerprint density at radius 2 is 1.71 bits per heavy atom. The molecule has 0 saturated heterocycles. The average molecular weight is 299 g/mol. The van der Waals surface area contributed by atoms with Crippen LogP contribution in [0.3, 0.4) is 0 Å². The van der Waals surface area contributed by atoms with Gasteiger partial charge in [-0.15, -0.1) is 0 Å². The molecule has 0 radical (unpaired) electrons. The number of hydrogen-bond donors (Lipinski definition) is 1. The van der Waals surface area contributed by atoms with Crippen molar-refractivity contribution in [1.82, 2.24) is 5.32 Å². The molecule has 0 amide bonds. The van der Waals surface area contributed by atoms with Crippen LogP contribution in [0.25, 0.3) is 0 Å². The Labute approximate surface area is 124 Å². The average Bonchev–Trinajstić information content (AvgIpc) is 2.69. The van der Waals surface area contributed by atoms with Crippen molar-refractivity contribution < 1.29 is 13.2 Å². The van der Waals surface area contributed by atoms with Crippen LogP contribution in [0.4, 0.5) is 13.2 Å². The number of nitrogens with one attached hydrogen (secondary N) is 1. The predicted octanol–water partition coefficient (Wildman–Crippen LogP) is 5.12. The van der Waals surface area contributed by atoms with Crippen molar-refractivity contribution in [3.05, 3.63) is 35.4 Å². The lowest BCUT2D eigenvalue weighted by atomic mass is 9.87. The Morgan fingerprint density at radius 3 is 2.33 bits per heavy atom. The minimum absolute atomic E-state index is 0.335. The highest BCUT2D eigenvalue weighted by atomic mass is 19.4. The van der Waals surface area contributed by atoms with Crippen molar-refractivity contribution in [2.24, 2.45) is 0 Å². The van der Waals surface area contributed by atoms with E-state index in [2.05, 4.69) is 12.2 Å². The Hall–Kier alpha value is -1.03. The van der Waals surface area contributed by atoms with Crippen LogP contribution in [-0.4, -0.2) is 12.6 Å². The molecule has 0 aliphatic heterocycles. The van der Waals surface area contributed by atoms with Gasteiger partial charge >= 0.3 is 6.18 Å². The van der Waals surface area contributed by atoms with Gasteiger partial charge in [0.2, 0.25) is 0 Å². The summed E-state index contributed by atoms with van der Waals surface area (Å²) in [7, 11) is 0. The predicted molar refractivity (Wildman–Crippen MR) is 79.4 cm³/mol. The van der Waals surface area contributed by atoms with Crippen molar-refractivity contribution in [3.63, 3.8) is 0 Å². The second kappa shape index (κ2) is 7.30. The van der Waals surface area contributed by atoms with E-state index in [1.807, 2.05) is 0 Å². The molecule has 1 fully saturated rings. The maximum Gasteiger partial charge on any atom is 0.416 e. The van der Waals surface area contributed by atoms with Crippen molar-refractivity contribution >= 4 is 0 Å². The molecule has 1 aromatic rings. The van der Waals surface area contributed by atoms with Gasteiger partial charge in [-0.1, -0.05) is 38.3 Å². The highest BCUT2D eigenvalue weighted by Gasteiger charge is 2.31. The zero-order chi connectivity index (χ0) is 15.3. The number of benzene rings is 1. The highest BCUT2D eigenvalue weighted by molar-refractivity contribution is 5.28. The molecule has 0 spiro atoms. The first-order valence-corrected chi connectivity index (χ1v) is 7.93. The smallest absolute Gasteiger partial charge is 0.313 e. The molecule has 1 aliphatic carbocycles. The van der Waals surface area contributed by atoms with Crippen molar-refractivity contribution in [2.45, 2.75) is 63.6 Å². The number of halogens is 3. The van der Waals surface area contributed by atoms with E-state index in [0.717, 1.165) is 37.8 Å². The van der Waals surface area contributed by atoms with Gasteiger partial charge in [-0.2, -0.15) is 13.2 Å². The Bertz CT molecular complexity index is 425. The minimum atomic E-state index is -4.25. The summed E-state index contributed by atoms with van der Waals surface area (Å²) in [6, 6.07) is 6.16. The van der Waals surface area contributed by atoms with Gasteiger partial charge in [0.05, 0.1) is 5.56 Å². The summed E-state index contributed by atoms with van der Waals surface area (Å²) < 4.78 is 38.0. The van der Waals surface area contributed by atoms with Gasteiger partial charge < -0.3 is 5.32 Å². The summed E-state index contributed by atoms with van der Waals surface area (Å²) in [5.41, 5.74) is 0.483. The van der Waals surface area contributed by atoms with Crippen LogP contribution in [0.1, 0.15) is 62.5 Å². The number of alkyl halides is 3. The lowest BCUT2D eigenvalue weighted by Gasteiger charge is -2.27. The first-order chi connectivity index (χ1) is 10.0. The van der Waals surface area contributed by atoms with E-state index in [1.165, 1.54) is 25.0 Å². The molecular formula is C17H24F3N. The largest absolute Gasteiger partial charge is 0.416 e. The SMILES string of the molecule is CCCNC1CCCCCC1c1ccc(C(F)(F)F)cc1. The highest BCUT2D eigenvalue weighted by Crippen LogP contribution is 2.34. The Morgan fingerprint density at radius 1 is 1.05 bits per heavy atom. The van der Waals surface area contributed by atoms with Gasteiger partial charge in [-0.3, -0.25) is 0 Å². The van der Waals surface area contributed by atoms with Crippen LogP contribution in [0.2, 0.25) is 0 Å². The van der Waals surface area contributed by atoms with E-state index in [1.54, 1.807) is 12.1 Å². The van der Waals surface area contributed by atoms with E-state index in [4.69, 9.17) is 0 Å². The Balaban J connectivity index is 2.15.